The number of hydrogen-bond acceptors (Lipinski definition) is 2. The highest BCUT2D eigenvalue weighted by molar-refractivity contribution is 5.51. The van der Waals surface area contributed by atoms with Crippen LogP contribution in [-0.2, 0) is 0 Å². The third-order valence-electron chi connectivity index (χ3n) is 3.94. The summed E-state index contributed by atoms with van der Waals surface area (Å²) in [5.41, 5.74) is -0.589. The van der Waals surface area contributed by atoms with E-state index in [1.165, 1.54) is 4.90 Å². The molecule has 0 radical (unpaired) electrons. The quantitative estimate of drug-likeness (QED) is 0.675. The molecule has 1 aliphatic heterocycles. The molecule has 21 heavy (non-hydrogen) atoms. The van der Waals surface area contributed by atoms with Crippen molar-refractivity contribution in [2.45, 2.75) is 45.2 Å². The minimum absolute atomic E-state index is 0.196. The molecular weight excluding hydrogens is 284 g/mol. The number of halogens is 4. The van der Waals surface area contributed by atoms with Crippen molar-refractivity contribution in [3.63, 3.8) is 0 Å². The average molecular weight is 304 g/mol. The number of anilines is 1. The van der Waals surface area contributed by atoms with Crippen LogP contribution < -0.4 is 10.2 Å². The molecule has 2 unspecified atom stereocenters. The van der Waals surface area contributed by atoms with Gasteiger partial charge in [0.2, 0.25) is 0 Å². The van der Waals surface area contributed by atoms with Gasteiger partial charge in [-0.3, -0.25) is 0 Å². The summed E-state index contributed by atoms with van der Waals surface area (Å²) in [4.78, 5) is 1.42. The molecule has 118 valence electrons. The van der Waals surface area contributed by atoms with E-state index < -0.39 is 29.0 Å². The van der Waals surface area contributed by atoms with Crippen LogP contribution in [0, 0.1) is 23.3 Å². The normalized spacial score (nSPS) is 22.7. The van der Waals surface area contributed by atoms with E-state index in [0.29, 0.717) is 19.4 Å². The second kappa shape index (κ2) is 6.64. The monoisotopic (exact) mass is 304 g/mol. The van der Waals surface area contributed by atoms with Crippen molar-refractivity contribution in [2.24, 2.45) is 0 Å². The Bertz CT molecular complexity index is 481. The summed E-state index contributed by atoms with van der Waals surface area (Å²) in [6.45, 7) is 5.11. The Labute approximate surface area is 122 Å². The fraction of sp³-hybridized carbons (Fsp3) is 0.600. The fourth-order valence-corrected chi connectivity index (χ4v) is 2.85. The van der Waals surface area contributed by atoms with Crippen LogP contribution in [0.25, 0.3) is 0 Å². The first kappa shape index (κ1) is 16.1. The first-order valence-electron chi connectivity index (χ1n) is 7.28. The molecule has 0 saturated carbocycles. The molecule has 1 saturated heterocycles. The molecule has 1 aromatic rings. The Morgan fingerprint density at radius 3 is 2.33 bits per heavy atom. The van der Waals surface area contributed by atoms with Gasteiger partial charge in [0.25, 0.3) is 0 Å². The van der Waals surface area contributed by atoms with Crippen LogP contribution in [-0.4, -0.2) is 25.2 Å². The van der Waals surface area contributed by atoms with E-state index in [0.717, 1.165) is 13.0 Å². The molecule has 1 aliphatic rings. The van der Waals surface area contributed by atoms with E-state index in [9.17, 15) is 17.6 Å². The van der Waals surface area contributed by atoms with Crippen LogP contribution in [0.4, 0.5) is 23.2 Å². The Morgan fingerprint density at radius 2 is 1.81 bits per heavy atom. The van der Waals surface area contributed by atoms with Gasteiger partial charge < -0.3 is 10.2 Å². The predicted octanol–water partition coefficient (Wildman–Crippen LogP) is 3.60. The second-order valence-electron chi connectivity index (χ2n) is 5.53. The molecule has 0 spiro atoms. The van der Waals surface area contributed by atoms with Crippen LogP contribution >= 0.6 is 0 Å². The minimum Gasteiger partial charge on any atom is -0.364 e. The van der Waals surface area contributed by atoms with Crippen LogP contribution in [0.5, 0.6) is 0 Å². The first-order valence-corrected chi connectivity index (χ1v) is 7.28. The van der Waals surface area contributed by atoms with Gasteiger partial charge in [-0.2, -0.15) is 0 Å². The largest absolute Gasteiger partial charge is 0.364 e. The maximum atomic E-state index is 13.9. The summed E-state index contributed by atoms with van der Waals surface area (Å²) in [6.07, 6.45) is 2.37. The highest BCUT2D eigenvalue weighted by Crippen LogP contribution is 2.32. The summed E-state index contributed by atoms with van der Waals surface area (Å²) in [7, 11) is 0. The fourth-order valence-electron chi connectivity index (χ4n) is 2.85. The lowest BCUT2D eigenvalue weighted by Crippen LogP contribution is -2.48. The Balaban J connectivity index is 2.21. The third-order valence-corrected chi connectivity index (χ3v) is 3.94. The van der Waals surface area contributed by atoms with Gasteiger partial charge in [-0.05, 0) is 32.7 Å². The Kier molecular flexibility index (Phi) is 5.08. The van der Waals surface area contributed by atoms with Gasteiger partial charge in [-0.1, -0.05) is 6.92 Å². The van der Waals surface area contributed by atoms with E-state index in [4.69, 9.17) is 0 Å². The number of hydrogen-bond donors (Lipinski definition) is 1. The lowest BCUT2D eigenvalue weighted by molar-refractivity contribution is 0.358. The molecule has 1 N–H and O–H groups in total. The van der Waals surface area contributed by atoms with Crippen LogP contribution in [0.3, 0.4) is 0 Å². The lowest BCUT2D eigenvalue weighted by atomic mass is 9.97. The van der Waals surface area contributed by atoms with Gasteiger partial charge in [0.05, 0.1) is 0 Å². The van der Waals surface area contributed by atoms with Crippen molar-refractivity contribution < 1.29 is 17.6 Å². The standard InChI is InChI=1S/C15H20F4N2/c1-3-5-20-10-4-6-21(9(2)7-10)15-13(18)11(16)8-12(17)14(15)19/h8-10,20H,3-7H2,1-2H3. The van der Waals surface area contributed by atoms with Crippen LogP contribution in [0.2, 0.25) is 0 Å². The van der Waals surface area contributed by atoms with E-state index in [1.807, 2.05) is 6.92 Å². The van der Waals surface area contributed by atoms with Gasteiger partial charge in [0, 0.05) is 24.7 Å². The smallest absolute Gasteiger partial charge is 0.185 e. The summed E-state index contributed by atoms with van der Waals surface area (Å²) in [5, 5.41) is 3.36. The summed E-state index contributed by atoms with van der Waals surface area (Å²) < 4.78 is 54.4. The summed E-state index contributed by atoms with van der Waals surface area (Å²) in [6, 6.07) is 0.313. The number of nitrogens with zero attached hydrogens (tertiary/aromatic N) is 1. The zero-order chi connectivity index (χ0) is 15.6. The molecule has 6 heteroatoms. The highest BCUT2D eigenvalue weighted by atomic mass is 19.2. The number of benzene rings is 1. The van der Waals surface area contributed by atoms with Crippen molar-refractivity contribution in [3.8, 4) is 0 Å². The number of rotatable bonds is 4. The molecular formula is C15H20F4N2. The second-order valence-corrected chi connectivity index (χ2v) is 5.53. The molecule has 0 amide bonds. The SMILES string of the molecule is CCCNC1CCN(c2c(F)c(F)cc(F)c2F)C(C)C1. The zero-order valence-corrected chi connectivity index (χ0v) is 12.2. The molecule has 2 nitrogen and oxygen atoms in total. The molecule has 1 heterocycles. The van der Waals surface area contributed by atoms with E-state index in [1.54, 1.807) is 0 Å². The molecule has 2 rings (SSSR count). The first-order chi connectivity index (χ1) is 9.95. The minimum atomic E-state index is -1.36. The van der Waals surface area contributed by atoms with Crippen molar-refractivity contribution in [2.75, 3.05) is 18.0 Å². The summed E-state index contributed by atoms with van der Waals surface area (Å²) in [5.74, 6) is -5.36. The molecule has 0 aliphatic carbocycles. The van der Waals surface area contributed by atoms with Crippen LogP contribution in [0.15, 0.2) is 6.07 Å². The van der Waals surface area contributed by atoms with Crippen LogP contribution in [0.1, 0.15) is 33.1 Å². The van der Waals surface area contributed by atoms with Gasteiger partial charge in [-0.25, -0.2) is 17.6 Å². The summed E-state index contributed by atoms with van der Waals surface area (Å²) >= 11 is 0. The topological polar surface area (TPSA) is 15.3 Å². The van der Waals surface area contributed by atoms with E-state index in [2.05, 4.69) is 12.2 Å². The number of nitrogens with one attached hydrogen (secondary N) is 1. The molecule has 2 atom stereocenters. The Morgan fingerprint density at radius 1 is 1.19 bits per heavy atom. The molecule has 0 aromatic heterocycles. The predicted molar refractivity (Wildman–Crippen MR) is 74.4 cm³/mol. The van der Waals surface area contributed by atoms with Crippen molar-refractivity contribution >= 4 is 5.69 Å². The van der Waals surface area contributed by atoms with Gasteiger partial charge in [0.1, 0.15) is 5.69 Å². The maximum absolute atomic E-state index is 13.9. The molecule has 0 bridgehead atoms. The van der Waals surface area contributed by atoms with Gasteiger partial charge >= 0.3 is 0 Å². The third kappa shape index (κ3) is 3.31. The van der Waals surface area contributed by atoms with Crippen molar-refractivity contribution in [3.05, 3.63) is 29.3 Å². The van der Waals surface area contributed by atoms with Gasteiger partial charge in [0.15, 0.2) is 23.3 Å². The van der Waals surface area contributed by atoms with E-state index >= 15 is 0 Å². The molecule has 1 aromatic carbocycles. The van der Waals surface area contributed by atoms with Crippen molar-refractivity contribution in [1.82, 2.24) is 5.32 Å². The average Bonchev–Trinajstić information content (AvgIpc) is 2.45. The van der Waals surface area contributed by atoms with Gasteiger partial charge in [-0.15, -0.1) is 0 Å². The Hall–Kier alpha value is -1.30. The maximum Gasteiger partial charge on any atom is 0.185 e. The number of piperidine rings is 1. The molecule has 1 fully saturated rings. The van der Waals surface area contributed by atoms with E-state index in [-0.39, 0.29) is 18.2 Å². The van der Waals surface area contributed by atoms with Crippen molar-refractivity contribution in [1.29, 1.82) is 0 Å². The lowest BCUT2D eigenvalue weighted by Gasteiger charge is -2.39. The zero-order valence-electron chi connectivity index (χ0n) is 12.2. The highest BCUT2D eigenvalue weighted by Gasteiger charge is 2.31.